The number of nitrogens with one attached hydrogen (secondary N) is 1. The highest BCUT2D eigenvalue weighted by Crippen LogP contribution is 2.16. The van der Waals surface area contributed by atoms with E-state index < -0.39 is 5.91 Å². The first kappa shape index (κ1) is 20.0. The van der Waals surface area contributed by atoms with Gasteiger partial charge in [-0.3, -0.25) is 14.5 Å². The van der Waals surface area contributed by atoms with Crippen LogP contribution in [0.15, 0.2) is 65.5 Å². The Labute approximate surface area is 176 Å². The Morgan fingerprint density at radius 2 is 1.67 bits per heavy atom. The maximum absolute atomic E-state index is 12.8. The number of nitrogens with zero attached hydrogens (tertiary/aromatic N) is 3. The zero-order valence-corrected chi connectivity index (χ0v) is 17.2. The monoisotopic (exact) mass is 402 g/mol. The van der Waals surface area contributed by atoms with Gasteiger partial charge in [-0.1, -0.05) is 42.5 Å². The predicted octanol–water partition coefficient (Wildman–Crippen LogP) is 3.07. The third-order valence-electron chi connectivity index (χ3n) is 5.47. The van der Waals surface area contributed by atoms with Gasteiger partial charge in [0.2, 0.25) is 5.43 Å². The molecule has 1 amide bonds. The topological polar surface area (TPSA) is 67.2 Å². The Morgan fingerprint density at radius 3 is 2.40 bits per heavy atom. The number of carbonyl (C=O) groups excluding carboxylic acids is 1. The second kappa shape index (κ2) is 9.05. The molecule has 1 fully saturated rings. The Bertz CT molecular complexity index is 1090. The van der Waals surface area contributed by atoms with Crippen molar-refractivity contribution in [1.29, 1.82) is 0 Å². The van der Waals surface area contributed by atoms with Crippen LogP contribution in [0, 0.1) is 6.92 Å². The average Bonchev–Trinajstić information content (AvgIpc) is 3.27. The fourth-order valence-electron chi connectivity index (χ4n) is 3.86. The molecular formula is C24H26N4O2. The lowest BCUT2D eigenvalue weighted by Crippen LogP contribution is -2.32. The molecule has 1 aliphatic heterocycles. The molecule has 0 aliphatic carbocycles. The van der Waals surface area contributed by atoms with Crippen molar-refractivity contribution in [3.8, 4) is 5.69 Å². The van der Waals surface area contributed by atoms with Crippen LogP contribution in [0.1, 0.15) is 40.2 Å². The maximum atomic E-state index is 12.8. The van der Waals surface area contributed by atoms with E-state index in [9.17, 15) is 9.59 Å². The molecule has 0 spiro atoms. The van der Waals surface area contributed by atoms with Gasteiger partial charge in [0.1, 0.15) is 0 Å². The minimum Gasteiger partial charge on any atom is -0.346 e. The van der Waals surface area contributed by atoms with Crippen LogP contribution in [0.2, 0.25) is 0 Å². The lowest BCUT2D eigenvalue weighted by Gasteiger charge is -2.17. The third kappa shape index (κ3) is 4.49. The van der Waals surface area contributed by atoms with Gasteiger partial charge in [0.05, 0.1) is 5.69 Å². The van der Waals surface area contributed by atoms with Crippen molar-refractivity contribution < 1.29 is 4.79 Å². The van der Waals surface area contributed by atoms with Crippen LogP contribution >= 0.6 is 0 Å². The SMILES string of the molecule is Cc1cc(=O)c(C(=O)NCc2ccccc2CN2CCCC2)nn1-c1ccccc1. The number of hydrogen-bond donors (Lipinski definition) is 1. The number of hydrogen-bond acceptors (Lipinski definition) is 4. The summed E-state index contributed by atoms with van der Waals surface area (Å²) in [6.45, 7) is 5.29. The quantitative estimate of drug-likeness (QED) is 0.688. The van der Waals surface area contributed by atoms with Crippen LogP contribution in [0.25, 0.3) is 5.69 Å². The van der Waals surface area contributed by atoms with Gasteiger partial charge in [0, 0.05) is 24.8 Å². The molecule has 0 saturated carbocycles. The molecule has 0 unspecified atom stereocenters. The molecule has 0 atom stereocenters. The molecule has 6 heteroatoms. The second-order valence-electron chi connectivity index (χ2n) is 7.68. The van der Waals surface area contributed by atoms with E-state index in [2.05, 4.69) is 21.4 Å². The number of benzene rings is 2. The molecule has 1 aliphatic rings. The smallest absolute Gasteiger partial charge is 0.276 e. The lowest BCUT2D eigenvalue weighted by molar-refractivity contribution is 0.0942. The number of carbonyl (C=O) groups is 1. The number of amides is 1. The molecule has 1 saturated heterocycles. The largest absolute Gasteiger partial charge is 0.346 e. The number of likely N-dealkylation sites (tertiary alicyclic amines) is 1. The van der Waals surface area contributed by atoms with Crippen molar-refractivity contribution in [2.45, 2.75) is 32.9 Å². The lowest BCUT2D eigenvalue weighted by atomic mass is 10.1. The van der Waals surface area contributed by atoms with Crippen molar-refractivity contribution in [3.63, 3.8) is 0 Å². The number of para-hydroxylation sites is 1. The molecule has 3 aromatic rings. The Morgan fingerprint density at radius 1 is 1.00 bits per heavy atom. The van der Waals surface area contributed by atoms with Crippen LogP contribution in [0.5, 0.6) is 0 Å². The Kier molecular flexibility index (Phi) is 6.05. The Balaban J connectivity index is 1.52. The van der Waals surface area contributed by atoms with E-state index in [0.29, 0.717) is 12.2 Å². The van der Waals surface area contributed by atoms with Crippen LogP contribution < -0.4 is 10.7 Å². The minimum absolute atomic E-state index is 0.0959. The number of aromatic nitrogens is 2. The number of rotatable bonds is 6. The van der Waals surface area contributed by atoms with Crippen molar-refractivity contribution in [2.75, 3.05) is 13.1 Å². The molecule has 1 aromatic heterocycles. The highest BCUT2D eigenvalue weighted by Gasteiger charge is 2.17. The fourth-order valence-corrected chi connectivity index (χ4v) is 3.86. The summed E-state index contributed by atoms with van der Waals surface area (Å²) < 4.78 is 1.62. The summed E-state index contributed by atoms with van der Waals surface area (Å²) in [5, 5.41) is 7.23. The molecule has 6 nitrogen and oxygen atoms in total. The highest BCUT2D eigenvalue weighted by atomic mass is 16.2. The first-order valence-electron chi connectivity index (χ1n) is 10.4. The number of aryl methyl sites for hydroxylation is 1. The summed E-state index contributed by atoms with van der Waals surface area (Å²) in [5.74, 6) is -0.458. The van der Waals surface area contributed by atoms with Crippen LogP contribution in [-0.2, 0) is 13.1 Å². The van der Waals surface area contributed by atoms with Gasteiger partial charge in [0.25, 0.3) is 5.91 Å². The molecule has 4 rings (SSSR count). The van der Waals surface area contributed by atoms with E-state index in [1.807, 2.05) is 48.5 Å². The normalized spacial score (nSPS) is 14.0. The van der Waals surface area contributed by atoms with Crippen molar-refractivity contribution in [2.24, 2.45) is 0 Å². The summed E-state index contributed by atoms with van der Waals surface area (Å²) in [6, 6.07) is 19.1. The second-order valence-corrected chi connectivity index (χ2v) is 7.68. The molecule has 154 valence electrons. The molecule has 0 bridgehead atoms. The van der Waals surface area contributed by atoms with E-state index in [1.54, 1.807) is 11.6 Å². The zero-order valence-electron chi connectivity index (χ0n) is 17.2. The van der Waals surface area contributed by atoms with Crippen molar-refractivity contribution in [1.82, 2.24) is 20.0 Å². The molecular weight excluding hydrogens is 376 g/mol. The maximum Gasteiger partial charge on any atom is 0.276 e. The summed E-state index contributed by atoms with van der Waals surface area (Å²) in [5.41, 5.74) is 3.29. The van der Waals surface area contributed by atoms with E-state index >= 15 is 0 Å². The van der Waals surface area contributed by atoms with Crippen molar-refractivity contribution in [3.05, 3.63) is 93.4 Å². The van der Waals surface area contributed by atoms with Crippen molar-refractivity contribution >= 4 is 5.91 Å². The minimum atomic E-state index is -0.458. The van der Waals surface area contributed by atoms with E-state index in [1.165, 1.54) is 24.5 Å². The van der Waals surface area contributed by atoms with Gasteiger partial charge in [0.15, 0.2) is 5.69 Å². The summed E-state index contributed by atoms with van der Waals surface area (Å²) in [7, 11) is 0. The standard InChI is InChI=1S/C24H26N4O2/c1-18-15-22(29)23(26-28(18)21-11-3-2-4-12-21)24(30)25-16-19-9-5-6-10-20(19)17-27-13-7-8-14-27/h2-6,9-12,15H,7-8,13-14,16-17H2,1H3,(H,25,30). The van der Waals surface area contributed by atoms with Crippen LogP contribution in [0.4, 0.5) is 0 Å². The average molecular weight is 402 g/mol. The van der Waals surface area contributed by atoms with E-state index in [-0.39, 0.29) is 11.1 Å². The van der Waals surface area contributed by atoms with Gasteiger partial charge in [-0.15, -0.1) is 0 Å². The van der Waals surface area contributed by atoms with E-state index in [4.69, 9.17) is 0 Å². The van der Waals surface area contributed by atoms with Gasteiger partial charge in [-0.05, 0) is 56.1 Å². The highest BCUT2D eigenvalue weighted by molar-refractivity contribution is 5.92. The van der Waals surface area contributed by atoms with Gasteiger partial charge >= 0.3 is 0 Å². The molecule has 2 aromatic carbocycles. The van der Waals surface area contributed by atoms with Gasteiger partial charge in [-0.25, -0.2) is 4.68 Å². The molecule has 1 N–H and O–H groups in total. The third-order valence-corrected chi connectivity index (χ3v) is 5.47. The van der Waals surface area contributed by atoms with Crippen LogP contribution in [0.3, 0.4) is 0 Å². The summed E-state index contributed by atoms with van der Waals surface area (Å²) in [6.07, 6.45) is 2.48. The summed E-state index contributed by atoms with van der Waals surface area (Å²) >= 11 is 0. The zero-order chi connectivity index (χ0) is 20.9. The first-order valence-corrected chi connectivity index (χ1v) is 10.4. The van der Waals surface area contributed by atoms with Crippen LogP contribution in [-0.4, -0.2) is 33.7 Å². The molecule has 0 radical (unpaired) electrons. The predicted molar refractivity (Wildman–Crippen MR) is 117 cm³/mol. The van der Waals surface area contributed by atoms with Gasteiger partial charge < -0.3 is 5.32 Å². The Hall–Kier alpha value is -3.25. The summed E-state index contributed by atoms with van der Waals surface area (Å²) in [4.78, 5) is 27.7. The molecule has 2 heterocycles. The first-order chi connectivity index (χ1) is 14.6. The fraction of sp³-hybridized carbons (Fsp3) is 0.292. The van der Waals surface area contributed by atoms with E-state index in [0.717, 1.165) is 30.9 Å². The molecule has 30 heavy (non-hydrogen) atoms. The van der Waals surface area contributed by atoms with Gasteiger partial charge in [-0.2, -0.15) is 5.10 Å².